The minimum absolute atomic E-state index is 0.194. The molecule has 1 aliphatic rings. The number of rotatable bonds is 2. The molecule has 136 valence electrons. The number of hydrogen-bond acceptors (Lipinski definition) is 7. The Balaban J connectivity index is 0.000000659. The highest BCUT2D eigenvalue weighted by atomic mass is 32.1. The summed E-state index contributed by atoms with van der Waals surface area (Å²) in [6, 6.07) is 13.3. The van der Waals surface area contributed by atoms with Crippen LogP contribution >= 0.6 is 23.6 Å². The Morgan fingerprint density at radius 2 is 1.89 bits per heavy atom. The maximum absolute atomic E-state index is 12.8. The predicted octanol–water partition coefficient (Wildman–Crippen LogP) is 1.66. The number of amides is 1. The predicted molar refractivity (Wildman–Crippen MR) is 106 cm³/mol. The number of thiocarbonyl (C=S) groups is 1. The number of hydrogen-bond donors (Lipinski definition) is 0. The number of anilines is 1. The number of thiazole rings is 1. The largest absolute Gasteiger partial charge is 0.554 e. The van der Waals surface area contributed by atoms with Crippen molar-refractivity contribution < 1.29 is 14.7 Å². The number of pyridine rings is 1. The number of nitrogens with zero attached hydrogens (tertiary/aromatic N) is 4. The average Bonchev–Trinajstić information content (AvgIpc) is 3.17. The molecule has 7 nitrogen and oxygen atoms in total. The summed E-state index contributed by atoms with van der Waals surface area (Å²) in [7, 11) is 1.78. The first-order valence-corrected chi connectivity index (χ1v) is 8.95. The quantitative estimate of drug-likeness (QED) is 0.369. The molecule has 1 aromatic carbocycles. The van der Waals surface area contributed by atoms with Crippen LogP contribution in [0.25, 0.3) is 16.3 Å². The number of likely N-dealkylation sites (N-methyl/N-ethyl adjacent to an activating group) is 1. The number of carboxylic acid groups (broad SMARTS) is 1. The van der Waals surface area contributed by atoms with E-state index in [1.54, 1.807) is 47.7 Å². The molecule has 1 saturated heterocycles. The van der Waals surface area contributed by atoms with Crippen LogP contribution in [0, 0.1) is 0 Å². The summed E-state index contributed by atoms with van der Waals surface area (Å²) >= 11 is 6.96. The average molecular weight is 397 g/mol. The van der Waals surface area contributed by atoms with Gasteiger partial charge in [-0.25, -0.2) is 14.9 Å². The van der Waals surface area contributed by atoms with E-state index in [0.29, 0.717) is 16.6 Å². The van der Waals surface area contributed by atoms with E-state index in [4.69, 9.17) is 22.1 Å². The molecule has 0 radical (unpaired) electrons. The van der Waals surface area contributed by atoms with E-state index < -0.39 is 6.47 Å². The summed E-state index contributed by atoms with van der Waals surface area (Å²) in [4.78, 5) is 33.0. The van der Waals surface area contributed by atoms with Crippen LogP contribution in [0.1, 0.15) is 5.01 Å². The van der Waals surface area contributed by atoms with Crippen molar-refractivity contribution in [3.63, 3.8) is 0 Å². The molecule has 0 aliphatic carbocycles. The van der Waals surface area contributed by atoms with Crippen molar-refractivity contribution in [3.8, 4) is 0 Å². The third kappa shape index (κ3) is 3.69. The van der Waals surface area contributed by atoms with Crippen LogP contribution in [0.15, 0.2) is 54.4 Å². The molecule has 0 atom stereocenters. The highest BCUT2D eigenvalue weighted by molar-refractivity contribution is 7.80. The zero-order valence-electron chi connectivity index (χ0n) is 14.1. The monoisotopic (exact) mass is 397 g/mol. The molecular weight excluding hydrogens is 384 g/mol. The number of para-hydroxylation sites is 1. The number of benzene rings is 1. The lowest BCUT2D eigenvalue weighted by molar-refractivity contribution is -0.283. The molecule has 1 amide bonds. The van der Waals surface area contributed by atoms with Crippen molar-refractivity contribution in [2.24, 2.45) is 0 Å². The van der Waals surface area contributed by atoms with Gasteiger partial charge in [-0.3, -0.25) is 4.79 Å². The van der Waals surface area contributed by atoms with Crippen molar-refractivity contribution in [2.45, 2.75) is 0 Å². The van der Waals surface area contributed by atoms with Gasteiger partial charge in [0.2, 0.25) is 0 Å². The molecule has 0 unspecified atom stereocenters. The van der Waals surface area contributed by atoms with Crippen molar-refractivity contribution in [1.29, 1.82) is 0 Å². The summed E-state index contributed by atoms with van der Waals surface area (Å²) in [6.45, 7) is -0.500. The van der Waals surface area contributed by atoms with Crippen LogP contribution in [-0.4, -0.2) is 39.4 Å². The fraction of sp³-hybridized carbons (Fsp3) is 0.0556. The first-order valence-electron chi connectivity index (χ1n) is 7.73. The lowest BCUT2D eigenvalue weighted by atomic mass is 10.3. The second-order valence-corrected chi connectivity index (χ2v) is 6.74. The fourth-order valence-corrected chi connectivity index (χ4v) is 3.69. The van der Waals surface area contributed by atoms with Crippen molar-refractivity contribution in [2.75, 3.05) is 11.9 Å². The second-order valence-electron chi connectivity index (χ2n) is 5.32. The van der Waals surface area contributed by atoms with Gasteiger partial charge in [-0.2, -0.15) is 0 Å². The molecule has 0 saturated carbocycles. The highest BCUT2D eigenvalue weighted by Gasteiger charge is 2.37. The molecule has 1 fully saturated rings. The van der Waals surface area contributed by atoms with Gasteiger partial charge in [-0.05, 0) is 36.5 Å². The minimum atomic E-state index is -0.500. The molecule has 27 heavy (non-hydrogen) atoms. The van der Waals surface area contributed by atoms with Gasteiger partial charge < -0.3 is 14.8 Å². The van der Waals surface area contributed by atoms with Gasteiger partial charge in [0.15, 0.2) is 5.11 Å². The van der Waals surface area contributed by atoms with E-state index >= 15 is 0 Å². The zero-order chi connectivity index (χ0) is 19.4. The smallest absolute Gasteiger partial charge is 0.282 e. The molecule has 0 bridgehead atoms. The second kappa shape index (κ2) is 8.02. The molecular formula is C18H13N4O3S2-. The van der Waals surface area contributed by atoms with Gasteiger partial charge in [0, 0.05) is 25.8 Å². The lowest BCUT2D eigenvalue weighted by Crippen LogP contribution is -2.31. The Morgan fingerprint density at radius 1 is 1.19 bits per heavy atom. The van der Waals surface area contributed by atoms with E-state index in [0.717, 1.165) is 15.2 Å². The van der Waals surface area contributed by atoms with Crippen molar-refractivity contribution >= 4 is 63.2 Å². The highest BCUT2D eigenvalue weighted by Crippen LogP contribution is 2.29. The van der Waals surface area contributed by atoms with Crippen molar-refractivity contribution in [1.82, 2.24) is 14.9 Å². The third-order valence-electron chi connectivity index (χ3n) is 3.71. The SMILES string of the molecule is CN1C(=S)N(c2ccccn2)C(=O)C1=Cc1nc2ccccc2s1.O=C[O-]. The van der Waals surface area contributed by atoms with Crippen LogP contribution in [0.3, 0.4) is 0 Å². The molecule has 0 N–H and O–H groups in total. The topological polar surface area (TPSA) is 89.5 Å². The first-order chi connectivity index (χ1) is 13.1. The van der Waals surface area contributed by atoms with E-state index in [9.17, 15) is 4.79 Å². The summed E-state index contributed by atoms with van der Waals surface area (Å²) in [5.41, 5.74) is 1.41. The first kappa shape index (κ1) is 18.6. The summed E-state index contributed by atoms with van der Waals surface area (Å²) in [5, 5.41) is 9.43. The summed E-state index contributed by atoms with van der Waals surface area (Å²) in [5.74, 6) is 0.326. The Morgan fingerprint density at radius 3 is 2.56 bits per heavy atom. The summed E-state index contributed by atoms with van der Waals surface area (Å²) in [6.07, 6.45) is 3.42. The molecule has 0 spiro atoms. The van der Waals surface area contributed by atoms with Gasteiger partial charge in [-0.1, -0.05) is 18.2 Å². The van der Waals surface area contributed by atoms with Gasteiger partial charge in [-0.15, -0.1) is 11.3 Å². The Labute approximate surface area is 164 Å². The minimum Gasteiger partial charge on any atom is -0.554 e. The molecule has 3 aromatic rings. The van der Waals surface area contributed by atoms with Crippen LogP contribution in [0.5, 0.6) is 0 Å². The fourth-order valence-electron chi connectivity index (χ4n) is 2.51. The number of fused-ring (bicyclic) bond motifs is 1. The molecule has 3 heterocycles. The number of carbonyl (C=O) groups is 2. The van der Waals surface area contributed by atoms with Crippen LogP contribution in [0.4, 0.5) is 5.82 Å². The van der Waals surface area contributed by atoms with E-state index in [2.05, 4.69) is 9.97 Å². The standard InChI is InChI=1S/C17H12N4OS2.CH2O2/c1-20-12(10-15-19-11-6-2-3-7-13(11)24-15)16(22)21(17(20)23)14-8-4-5-9-18-14;2-1-3/h2-10H,1H3;1H,(H,2,3)/p-1. The van der Waals surface area contributed by atoms with Gasteiger partial charge in [0.1, 0.15) is 16.5 Å². The third-order valence-corrected chi connectivity index (χ3v) is 5.15. The number of aromatic nitrogens is 2. The maximum Gasteiger partial charge on any atom is 0.282 e. The lowest BCUT2D eigenvalue weighted by Gasteiger charge is -2.14. The molecule has 9 heteroatoms. The van der Waals surface area contributed by atoms with E-state index in [1.165, 1.54) is 4.90 Å². The van der Waals surface area contributed by atoms with Gasteiger partial charge >= 0.3 is 0 Å². The molecule has 1 aliphatic heterocycles. The van der Waals surface area contributed by atoms with Gasteiger partial charge in [0.05, 0.1) is 10.2 Å². The van der Waals surface area contributed by atoms with Crippen LogP contribution in [0.2, 0.25) is 0 Å². The Kier molecular flexibility index (Phi) is 5.53. The molecule has 2 aromatic heterocycles. The Hall–Kier alpha value is -3.17. The summed E-state index contributed by atoms with van der Waals surface area (Å²) < 4.78 is 1.08. The zero-order valence-corrected chi connectivity index (χ0v) is 15.7. The van der Waals surface area contributed by atoms with Crippen molar-refractivity contribution in [3.05, 3.63) is 59.4 Å². The maximum atomic E-state index is 12.8. The normalized spacial score (nSPS) is 15.2. The number of carbonyl (C=O) groups excluding carboxylic acids is 2. The van der Waals surface area contributed by atoms with E-state index in [1.807, 2.05) is 30.3 Å². The molecule has 4 rings (SSSR count). The van der Waals surface area contributed by atoms with Crippen LogP contribution < -0.4 is 10.0 Å². The van der Waals surface area contributed by atoms with E-state index in [-0.39, 0.29) is 5.91 Å². The van der Waals surface area contributed by atoms with Gasteiger partial charge in [0.25, 0.3) is 5.91 Å². The van der Waals surface area contributed by atoms with Crippen LogP contribution in [-0.2, 0) is 9.59 Å². The Bertz CT molecular complexity index is 1000.